The van der Waals surface area contributed by atoms with Crippen molar-refractivity contribution < 1.29 is 14.3 Å². The van der Waals surface area contributed by atoms with Crippen LogP contribution in [0.5, 0.6) is 5.75 Å². The largest absolute Gasteiger partial charge is 0.478 e. The Balaban J connectivity index is 1.67. The molecule has 0 aliphatic carbocycles. The van der Waals surface area contributed by atoms with E-state index in [1.807, 2.05) is 66.7 Å². The zero-order valence-corrected chi connectivity index (χ0v) is 16.1. The molecule has 0 radical (unpaired) electrons. The van der Waals surface area contributed by atoms with Crippen molar-refractivity contribution in [2.45, 2.75) is 25.5 Å². The van der Waals surface area contributed by atoms with E-state index in [4.69, 9.17) is 10.5 Å². The number of anilines is 1. The van der Waals surface area contributed by atoms with E-state index in [1.165, 1.54) is 0 Å². The van der Waals surface area contributed by atoms with Gasteiger partial charge in [0.05, 0.1) is 0 Å². The molecule has 4 rings (SSSR count). The highest BCUT2D eigenvalue weighted by Gasteiger charge is 2.51. The van der Waals surface area contributed by atoms with Crippen molar-refractivity contribution in [2.24, 2.45) is 5.73 Å². The Hall–Kier alpha value is -3.60. The molecule has 1 fully saturated rings. The first-order valence-corrected chi connectivity index (χ1v) is 9.62. The SMILES string of the molecule is CCc1cccc(O[C@@H]2C(=O)N(c3ccccc3)[C@@H]2c2ccc(C(N)=O)cc2)c1. The quantitative estimate of drug-likeness (QED) is 0.654. The number of para-hydroxylation sites is 1. The first-order chi connectivity index (χ1) is 14.1. The van der Waals surface area contributed by atoms with Crippen LogP contribution in [0.25, 0.3) is 0 Å². The van der Waals surface area contributed by atoms with Gasteiger partial charge in [-0.25, -0.2) is 0 Å². The van der Waals surface area contributed by atoms with Crippen LogP contribution in [0.3, 0.4) is 0 Å². The predicted octanol–water partition coefficient (Wildman–Crippen LogP) is 3.88. The van der Waals surface area contributed by atoms with Crippen LogP contribution in [0, 0.1) is 0 Å². The number of ether oxygens (including phenoxy) is 1. The minimum absolute atomic E-state index is 0.0953. The number of hydrogen-bond donors (Lipinski definition) is 1. The van der Waals surface area contributed by atoms with Crippen LogP contribution in [0.1, 0.15) is 34.5 Å². The van der Waals surface area contributed by atoms with E-state index in [1.54, 1.807) is 17.0 Å². The summed E-state index contributed by atoms with van der Waals surface area (Å²) in [7, 11) is 0. The summed E-state index contributed by atoms with van der Waals surface area (Å²) in [5.41, 5.74) is 8.63. The molecule has 146 valence electrons. The third-order valence-corrected chi connectivity index (χ3v) is 5.19. The van der Waals surface area contributed by atoms with E-state index in [-0.39, 0.29) is 11.9 Å². The third-order valence-electron chi connectivity index (χ3n) is 5.19. The number of aryl methyl sites for hydroxylation is 1. The van der Waals surface area contributed by atoms with E-state index in [2.05, 4.69) is 6.92 Å². The molecule has 0 spiro atoms. The topological polar surface area (TPSA) is 72.6 Å². The molecule has 0 saturated carbocycles. The molecule has 1 saturated heterocycles. The number of nitrogens with two attached hydrogens (primary N) is 1. The summed E-state index contributed by atoms with van der Waals surface area (Å²) < 4.78 is 6.12. The molecule has 1 aliphatic heterocycles. The average Bonchev–Trinajstić information content (AvgIpc) is 2.76. The molecule has 5 nitrogen and oxygen atoms in total. The normalized spacial score (nSPS) is 18.2. The average molecular weight is 386 g/mol. The molecule has 2 N–H and O–H groups in total. The molecule has 1 heterocycles. The van der Waals surface area contributed by atoms with Crippen molar-refractivity contribution >= 4 is 17.5 Å². The van der Waals surface area contributed by atoms with E-state index < -0.39 is 12.0 Å². The van der Waals surface area contributed by atoms with Crippen molar-refractivity contribution in [1.29, 1.82) is 0 Å². The summed E-state index contributed by atoms with van der Waals surface area (Å²) in [6, 6.07) is 24.0. The lowest BCUT2D eigenvalue weighted by Crippen LogP contribution is -2.61. The summed E-state index contributed by atoms with van der Waals surface area (Å²) in [4.78, 5) is 26.1. The number of β-lactam (4-membered cyclic amide) rings is 1. The Bertz CT molecular complexity index is 1030. The summed E-state index contributed by atoms with van der Waals surface area (Å²) in [6.07, 6.45) is 0.256. The molecule has 0 bridgehead atoms. The molecule has 29 heavy (non-hydrogen) atoms. The van der Waals surface area contributed by atoms with Gasteiger partial charge in [-0.1, -0.05) is 49.4 Å². The molecule has 5 heteroatoms. The number of nitrogens with zero attached hydrogens (tertiary/aromatic N) is 1. The Morgan fingerprint density at radius 1 is 1.00 bits per heavy atom. The maximum atomic E-state index is 13.0. The fourth-order valence-electron chi connectivity index (χ4n) is 3.61. The Kier molecular flexibility index (Phi) is 5.04. The zero-order chi connectivity index (χ0) is 20.4. The van der Waals surface area contributed by atoms with Gasteiger partial charge < -0.3 is 10.5 Å². The third kappa shape index (κ3) is 3.59. The summed E-state index contributed by atoms with van der Waals surface area (Å²) in [5.74, 6) is 0.0987. The van der Waals surface area contributed by atoms with Gasteiger partial charge in [0, 0.05) is 11.3 Å². The molecule has 0 aromatic heterocycles. The lowest BCUT2D eigenvalue weighted by atomic mass is 9.89. The van der Waals surface area contributed by atoms with Gasteiger partial charge in [-0.05, 0) is 53.9 Å². The van der Waals surface area contributed by atoms with Crippen molar-refractivity contribution in [3.8, 4) is 5.75 Å². The van der Waals surface area contributed by atoms with Crippen LogP contribution in [-0.2, 0) is 11.2 Å². The Morgan fingerprint density at radius 2 is 1.72 bits per heavy atom. The van der Waals surface area contributed by atoms with Gasteiger partial charge in [-0.2, -0.15) is 0 Å². The lowest BCUT2D eigenvalue weighted by molar-refractivity contribution is -0.135. The fraction of sp³-hybridized carbons (Fsp3) is 0.167. The molecule has 2 amide bonds. The Labute approximate surface area is 169 Å². The molecular formula is C24H22N2O3. The van der Waals surface area contributed by atoms with Crippen LogP contribution < -0.4 is 15.4 Å². The van der Waals surface area contributed by atoms with Crippen LogP contribution in [0.4, 0.5) is 5.69 Å². The van der Waals surface area contributed by atoms with Crippen LogP contribution in [0.15, 0.2) is 78.9 Å². The maximum Gasteiger partial charge on any atom is 0.271 e. The van der Waals surface area contributed by atoms with Crippen molar-refractivity contribution in [3.63, 3.8) is 0 Å². The minimum atomic E-state index is -0.637. The minimum Gasteiger partial charge on any atom is -0.478 e. The van der Waals surface area contributed by atoms with Gasteiger partial charge >= 0.3 is 0 Å². The monoisotopic (exact) mass is 386 g/mol. The lowest BCUT2D eigenvalue weighted by Gasteiger charge is -2.46. The van der Waals surface area contributed by atoms with Crippen LogP contribution >= 0.6 is 0 Å². The highest BCUT2D eigenvalue weighted by atomic mass is 16.5. The van der Waals surface area contributed by atoms with Gasteiger partial charge in [0.25, 0.3) is 5.91 Å². The number of rotatable bonds is 6. The number of hydrogen-bond acceptors (Lipinski definition) is 3. The highest BCUT2D eigenvalue weighted by Crippen LogP contribution is 2.41. The predicted molar refractivity (Wildman–Crippen MR) is 112 cm³/mol. The number of carbonyl (C=O) groups excluding carboxylic acids is 2. The van der Waals surface area contributed by atoms with Gasteiger partial charge in [0.1, 0.15) is 11.8 Å². The highest BCUT2D eigenvalue weighted by molar-refractivity contribution is 6.05. The second-order valence-electron chi connectivity index (χ2n) is 7.01. The van der Waals surface area contributed by atoms with E-state index in [9.17, 15) is 9.59 Å². The van der Waals surface area contributed by atoms with Crippen LogP contribution in [0.2, 0.25) is 0 Å². The number of benzene rings is 3. The molecule has 1 aliphatic rings. The fourth-order valence-corrected chi connectivity index (χ4v) is 3.61. The van der Waals surface area contributed by atoms with E-state index >= 15 is 0 Å². The van der Waals surface area contributed by atoms with E-state index in [0.29, 0.717) is 11.3 Å². The number of amides is 2. The number of carbonyl (C=O) groups is 2. The summed E-state index contributed by atoms with van der Waals surface area (Å²) >= 11 is 0. The summed E-state index contributed by atoms with van der Waals surface area (Å²) in [5, 5.41) is 0. The van der Waals surface area contributed by atoms with Crippen molar-refractivity contribution in [2.75, 3.05) is 4.90 Å². The van der Waals surface area contributed by atoms with Gasteiger partial charge in [0.15, 0.2) is 0 Å². The van der Waals surface area contributed by atoms with Crippen molar-refractivity contribution in [1.82, 2.24) is 0 Å². The van der Waals surface area contributed by atoms with Crippen LogP contribution in [-0.4, -0.2) is 17.9 Å². The first kappa shape index (κ1) is 18.7. The molecule has 0 unspecified atom stereocenters. The van der Waals surface area contributed by atoms with E-state index in [0.717, 1.165) is 23.2 Å². The Morgan fingerprint density at radius 3 is 2.38 bits per heavy atom. The van der Waals surface area contributed by atoms with Gasteiger partial charge in [0.2, 0.25) is 12.0 Å². The smallest absolute Gasteiger partial charge is 0.271 e. The molecular weight excluding hydrogens is 364 g/mol. The number of primary amides is 1. The second-order valence-corrected chi connectivity index (χ2v) is 7.01. The van der Waals surface area contributed by atoms with Crippen molar-refractivity contribution in [3.05, 3.63) is 95.6 Å². The van der Waals surface area contributed by atoms with Gasteiger partial charge in [-0.15, -0.1) is 0 Å². The molecule has 3 aromatic rings. The molecule has 3 aromatic carbocycles. The molecule has 2 atom stereocenters. The standard InChI is InChI=1S/C24H22N2O3/c1-2-16-7-6-10-20(15-16)29-22-21(17-11-13-18(14-12-17)23(25)27)26(24(22)28)19-8-4-3-5-9-19/h3-15,21-22H,2H2,1H3,(H2,25,27)/t21-,22+/m1/s1. The first-order valence-electron chi connectivity index (χ1n) is 9.62. The zero-order valence-electron chi connectivity index (χ0n) is 16.1. The van der Waals surface area contributed by atoms with Gasteiger partial charge in [-0.3, -0.25) is 14.5 Å². The second kappa shape index (κ2) is 7.80. The maximum absolute atomic E-state index is 13.0. The summed E-state index contributed by atoms with van der Waals surface area (Å²) in [6.45, 7) is 2.08.